The maximum Gasteiger partial charge on any atom is 0.163 e. The molecule has 96 valence electrons. The Labute approximate surface area is 109 Å². The van der Waals surface area contributed by atoms with Crippen LogP contribution in [0.5, 0.6) is 0 Å². The fourth-order valence-electron chi connectivity index (χ4n) is 2.91. The van der Waals surface area contributed by atoms with Crippen molar-refractivity contribution in [2.24, 2.45) is 11.3 Å². The molecular formula is C14H20N4. The van der Waals surface area contributed by atoms with Crippen LogP contribution in [0.25, 0.3) is 0 Å². The van der Waals surface area contributed by atoms with Crippen molar-refractivity contribution >= 4 is 5.82 Å². The van der Waals surface area contributed by atoms with Gasteiger partial charge in [-0.2, -0.15) is 5.26 Å². The first-order chi connectivity index (χ1) is 8.56. The van der Waals surface area contributed by atoms with Gasteiger partial charge in [-0.1, -0.05) is 27.2 Å². The van der Waals surface area contributed by atoms with Crippen LogP contribution in [0.3, 0.4) is 0 Å². The fourth-order valence-corrected chi connectivity index (χ4v) is 2.91. The van der Waals surface area contributed by atoms with E-state index in [1.54, 1.807) is 6.07 Å². The van der Waals surface area contributed by atoms with Gasteiger partial charge in [0.2, 0.25) is 0 Å². The van der Waals surface area contributed by atoms with Crippen molar-refractivity contribution in [3.05, 3.63) is 17.8 Å². The summed E-state index contributed by atoms with van der Waals surface area (Å²) in [6.07, 6.45) is 2.44. The molecule has 1 aromatic heterocycles. The van der Waals surface area contributed by atoms with Gasteiger partial charge in [0.15, 0.2) is 11.5 Å². The molecule has 1 aliphatic heterocycles. The van der Waals surface area contributed by atoms with Crippen LogP contribution in [0.2, 0.25) is 0 Å². The molecule has 2 rings (SSSR count). The predicted octanol–water partition coefficient (Wildman–Crippen LogP) is 2.61. The highest BCUT2D eigenvalue weighted by Gasteiger charge is 2.35. The Bertz CT molecular complexity index is 444. The van der Waals surface area contributed by atoms with Gasteiger partial charge in [-0.15, -0.1) is 10.2 Å². The number of anilines is 1. The van der Waals surface area contributed by atoms with Crippen LogP contribution in [0.15, 0.2) is 12.1 Å². The maximum atomic E-state index is 8.72. The molecule has 1 saturated heterocycles. The summed E-state index contributed by atoms with van der Waals surface area (Å²) in [6.45, 7) is 8.95. The van der Waals surface area contributed by atoms with Crippen molar-refractivity contribution in [2.75, 3.05) is 18.0 Å². The molecule has 1 fully saturated rings. The number of nitrogens with zero attached hydrogens (tertiary/aromatic N) is 4. The third-order valence-corrected chi connectivity index (χ3v) is 4.03. The van der Waals surface area contributed by atoms with Crippen LogP contribution in [-0.2, 0) is 0 Å². The lowest BCUT2D eigenvalue weighted by atomic mass is 9.72. The lowest BCUT2D eigenvalue weighted by Crippen LogP contribution is -2.46. The lowest BCUT2D eigenvalue weighted by molar-refractivity contribution is 0.170. The summed E-state index contributed by atoms with van der Waals surface area (Å²) < 4.78 is 0. The van der Waals surface area contributed by atoms with Gasteiger partial charge in [0.1, 0.15) is 6.07 Å². The largest absolute Gasteiger partial charge is 0.355 e. The highest BCUT2D eigenvalue weighted by molar-refractivity contribution is 5.40. The highest BCUT2D eigenvalue weighted by Crippen LogP contribution is 2.37. The van der Waals surface area contributed by atoms with E-state index in [4.69, 9.17) is 5.26 Å². The quantitative estimate of drug-likeness (QED) is 0.802. The summed E-state index contributed by atoms with van der Waals surface area (Å²) in [7, 11) is 0. The van der Waals surface area contributed by atoms with Crippen LogP contribution < -0.4 is 4.90 Å². The first-order valence-electron chi connectivity index (χ1n) is 6.55. The van der Waals surface area contributed by atoms with Gasteiger partial charge in [0.25, 0.3) is 0 Å². The molecule has 0 radical (unpaired) electrons. The van der Waals surface area contributed by atoms with Gasteiger partial charge < -0.3 is 4.90 Å². The predicted molar refractivity (Wildman–Crippen MR) is 71.1 cm³/mol. The summed E-state index contributed by atoms with van der Waals surface area (Å²) in [5, 5.41) is 16.8. The van der Waals surface area contributed by atoms with Crippen molar-refractivity contribution in [3.8, 4) is 6.07 Å². The van der Waals surface area contributed by atoms with E-state index in [9.17, 15) is 0 Å². The Morgan fingerprint density at radius 1 is 1.44 bits per heavy atom. The van der Waals surface area contributed by atoms with E-state index in [-0.39, 0.29) is 0 Å². The third-order valence-electron chi connectivity index (χ3n) is 4.03. The molecule has 1 unspecified atom stereocenters. The number of piperidine rings is 1. The maximum absolute atomic E-state index is 8.72. The standard InChI is InChI=1S/C14H20N4/c1-4-11-7-8-18(10-14(11,2)3)13-6-5-12(9-15)16-17-13/h5-6,11H,4,7-8,10H2,1-3H3. The molecule has 4 heteroatoms. The minimum Gasteiger partial charge on any atom is -0.355 e. The SMILES string of the molecule is CCC1CCN(c2ccc(C#N)nn2)CC1(C)C. The van der Waals surface area contributed by atoms with Gasteiger partial charge in [-0.3, -0.25) is 0 Å². The van der Waals surface area contributed by atoms with E-state index in [1.165, 1.54) is 12.8 Å². The van der Waals surface area contributed by atoms with Crippen LogP contribution in [0.4, 0.5) is 5.82 Å². The Morgan fingerprint density at radius 3 is 2.72 bits per heavy atom. The molecule has 0 spiro atoms. The third kappa shape index (κ3) is 2.45. The van der Waals surface area contributed by atoms with Gasteiger partial charge in [0.05, 0.1) is 0 Å². The van der Waals surface area contributed by atoms with Crippen molar-refractivity contribution < 1.29 is 0 Å². The number of nitriles is 1. The molecule has 1 atom stereocenters. The summed E-state index contributed by atoms with van der Waals surface area (Å²) in [5.41, 5.74) is 0.684. The minimum atomic E-state index is 0.308. The lowest BCUT2D eigenvalue weighted by Gasteiger charge is -2.44. The van der Waals surface area contributed by atoms with Crippen molar-refractivity contribution in [1.82, 2.24) is 10.2 Å². The van der Waals surface area contributed by atoms with Crippen molar-refractivity contribution in [1.29, 1.82) is 5.26 Å². The van der Waals surface area contributed by atoms with E-state index >= 15 is 0 Å². The highest BCUT2D eigenvalue weighted by atomic mass is 15.3. The fraction of sp³-hybridized carbons (Fsp3) is 0.643. The topological polar surface area (TPSA) is 52.8 Å². The van der Waals surface area contributed by atoms with Crippen molar-refractivity contribution in [2.45, 2.75) is 33.6 Å². The first-order valence-corrected chi connectivity index (χ1v) is 6.55. The van der Waals surface area contributed by atoms with Crippen LogP contribution in [0, 0.1) is 22.7 Å². The van der Waals surface area contributed by atoms with E-state index < -0.39 is 0 Å². The van der Waals surface area contributed by atoms with Gasteiger partial charge in [-0.05, 0) is 29.9 Å². The number of hydrogen-bond donors (Lipinski definition) is 0. The second-order valence-corrected chi connectivity index (χ2v) is 5.69. The molecule has 1 aromatic rings. The Balaban J connectivity index is 2.13. The Kier molecular flexibility index (Phi) is 3.51. The van der Waals surface area contributed by atoms with E-state index in [0.717, 1.165) is 24.8 Å². The summed E-state index contributed by atoms with van der Waals surface area (Å²) in [4.78, 5) is 2.28. The number of aromatic nitrogens is 2. The number of hydrogen-bond acceptors (Lipinski definition) is 4. The molecular weight excluding hydrogens is 224 g/mol. The molecule has 0 N–H and O–H groups in total. The average molecular weight is 244 g/mol. The summed E-state index contributed by atoms with van der Waals surface area (Å²) in [5.74, 6) is 1.66. The second-order valence-electron chi connectivity index (χ2n) is 5.69. The molecule has 0 aromatic carbocycles. The molecule has 0 amide bonds. The Morgan fingerprint density at radius 2 is 2.22 bits per heavy atom. The molecule has 4 nitrogen and oxygen atoms in total. The monoisotopic (exact) mass is 244 g/mol. The summed E-state index contributed by atoms with van der Waals surface area (Å²) in [6, 6.07) is 5.63. The Hall–Kier alpha value is -1.63. The number of rotatable bonds is 2. The molecule has 0 aliphatic carbocycles. The van der Waals surface area contributed by atoms with Crippen LogP contribution in [-0.4, -0.2) is 23.3 Å². The van der Waals surface area contributed by atoms with Gasteiger partial charge in [0, 0.05) is 13.1 Å². The second kappa shape index (κ2) is 4.93. The average Bonchev–Trinajstić information content (AvgIpc) is 2.37. The zero-order chi connectivity index (χ0) is 13.2. The normalized spacial score (nSPS) is 22.6. The molecule has 0 saturated carbocycles. The zero-order valence-electron chi connectivity index (χ0n) is 11.3. The van der Waals surface area contributed by atoms with Gasteiger partial charge in [-0.25, -0.2) is 0 Å². The van der Waals surface area contributed by atoms with Crippen LogP contribution >= 0.6 is 0 Å². The molecule has 2 heterocycles. The van der Waals surface area contributed by atoms with E-state index in [0.29, 0.717) is 11.1 Å². The van der Waals surface area contributed by atoms with Gasteiger partial charge >= 0.3 is 0 Å². The van der Waals surface area contributed by atoms with E-state index in [1.807, 2.05) is 12.1 Å². The smallest absolute Gasteiger partial charge is 0.163 e. The zero-order valence-corrected chi connectivity index (χ0v) is 11.3. The first kappa shape index (κ1) is 12.8. The van der Waals surface area contributed by atoms with Crippen molar-refractivity contribution in [3.63, 3.8) is 0 Å². The summed E-state index contributed by atoms with van der Waals surface area (Å²) >= 11 is 0. The molecule has 0 bridgehead atoms. The molecule has 1 aliphatic rings. The molecule has 18 heavy (non-hydrogen) atoms. The minimum absolute atomic E-state index is 0.308. The van der Waals surface area contributed by atoms with E-state index in [2.05, 4.69) is 35.9 Å². The van der Waals surface area contributed by atoms with Crippen LogP contribution in [0.1, 0.15) is 39.3 Å².